The number of H-pyrrole nitrogens is 1. The molecule has 0 aromatic carbocycles. The first-order valence-corrected chi connectivity index (χ1v) is 3.66. The molecule has 1 aliphatic rings. The lowest BCUT2D eigenvalue weighted by atomic mass is 10.9. The molecule has 0 bridgehead atoms. The number of hydrogen-bond acceptors (Lipinski definition) is 7. The Bertz CT molecular complexity index is 306. The Morgan fingerprint density at radius 1 is 1.67 bits per heavy atom. The molecule has 0 aliphatic carbocycles. The van der Waals surface area contributed by atoms with Gasteiger partial charge >= 0.3 is 0 Å². The summed E-state index contributed by atoms with van der Waals surface area (Å²) in [6.45, 7) is 0. The Morgan fingerprint density at radius 2 is 2.50 bits per heavy atom. The number of aliphatic imine (C=N–C) groups is 1. The average Bonchev–Trinajstić information content (AvgIpc) is 2.58. The third-order valence-corrected chi connectivity index (χ3v) is 1.50. The molecule has 0 amide bonds. The van der Waals surface area contributed by atoms with Crippen molar-refractivity contribution in [2.45, 2.75) is 11.4 Å². The zero-order chi connectivity index (χ0) is 8.55. The van der Waals surface area contributed by atoms with Crippen LogP contribution in [0, 0.1) is 0 Å². The number of aromatic nitrogens is 3. The molecule has 1 atom stereocenters. The normalized spacial score (nSPS) is 22.2. The van der Waals surface area contributed by atoms with Gasteiger partial charge in [0.15, 0.2) is 6.29 Å². The van der Waals surface area contributed by atoms with Gasteiger partial charge in [-0.2, -0.15) is 10.4 Å². The maximum Gasteiger partial charge on any atom is 0.242 e. The summed E-state index contributed by atoms with van der Waals surface area (Å²) in [5.74, 6) is 0.511. The summed E-state index contributed by atoms with van der Waals surface area (Å²) >= 11 is 3.94. The van der Waals surface area contributed by atoms with Gasteiger partial charge in [0.1, 0.15) is 6.34 Å². The number of thiol groups is 1. The Morgan fingerprint density at radius 3 is 3.00 bits per heavy atom. The SMILES string of the molecule is NC1N=CN(c2nc(S)n[nH]2)N1. The maximum atomic E-state index is 5.44. The lowest BCUT2D eigenvalue weighted by molar-refractivity contribution is 0.600. The minimum atomic E-state index is -0.418. The van der Waals surface area contributed by atoms with E-state index in [-0.39, 0.29) is 0 Å². The number of anilines is 1. The van der Waals surface area contributed by atoms with Crippen molar-refractivity contribution in [1.29, 1.82) is 0 Å². The molecule has 0 fully saturated rings. The van der Waals surface area contributed by atoms with Gasteiger partial charge < -0.3 is 0 Å². The van der Waals surface area contributed by atoms with E-state index in [1.54, 1.807) is 0 Å². The number of aromatic amines is 1. The molecule has 2 rings (SSSR count). The lowest BCUT2D eigenvalue weighted by Gasteiger charge is -2.10. The van der Waals surface area contributed by atoms with Crippen LogP contribution in [0.1, 0.15) is 0 Å². The molecule has 8 heteroatoms. The van der Waals surface area contributed by atoms with Crippen molar-refractivity contribution in [3.8, 4) is 0 Å². The number of nitrogens with two attached hydrogens (primary N) is 1. The number of rotatable bonds is 1. The Kier molecular flexibility index (Phi) is 1.71. The molecule has 1 unspecified atom stereocenters. The fraction of sp³-hybridized carbons (Fsp3) is 0.250. The second-order valence-corrected chi connectivity index (χ2v) is 2.57. The molecule has 2 heterocycles. The average molecular weight is 185 g/mol. The molecule has 1 aliphatic heterocycles. The predicted molar refractivity (Wildman–Crippen MR) is 45.7 cm³/mol. The van der Waals surface area contributed by atoms with Gasteiger partial charge in [0, 0.05) is 0 Å². The molecular formula is C4H7N7S. The van der Waals surface area contributed by atoms with Crippen molar-refractivity contribution in [1.82, 2.24) is 20.6 Å². The minimum Gasteiger partial charge on any atom is -0.296 e. The highest BCUT2D eigenvalue weighted by Gasteiger charge is 2.16. The van der Waals surface area contributed by atoms with Gasteiger partial charge in [-0.25, -0.2) is 15.1 Å². The van der Waals surface area contributed by atoms with Gasteiger partial charge in [-0.1, -0.05) is 0 Å². The minimum absolute atomic E-state index is 0.376. The van der Waals surface area contributed by atoms with Crippen molar-refractivity contribution in [3.05, 3.63) is 0 Å². The molecule has 0 radical (unpaired) electrons. The first kappa shape index (κ1) is 7.53. The van der Waals surface area contributed by atoms with E-state index in [0.29, 0.717) is 11.1 Å². The van der Waals surface area contributed by atoms with Crippen LogP contribution in [0.2, 0.25) is 0 Å². The maximum absolute atomic E-state index is 5.44. The van der Waals surface area contributed by atoms with Crippen LogP contribution in [-0.2, 0) is 0 Å². The summed E-state index contributed by atoms with van der Waals surface area (Å²) < 4.78 is 0. The monoisotopic (exact) mass is 185 g/mol. The van der Waals surface area contributed by atoms with Crippen LogP contribution in [0.15, 0.2) is 10.1 Å². The summed E-state index contributed by atoms with van der Waals surface area (Å²) in [7, 11) is 0. The Labute approximate surface area is 73.4 Å². The third-order valence-electron chi connectivity index (χ3n) is 1.30. The van der Waals surface area contributed by atoms with Gasteiger partial charge in [0.25, 0.3) is 0 Å². The van der Waals surface area contributed by atoms with Crippen molar-refractivity contribution < 1.29 is 0 Å². The highest BCUT2D eigenvalue weighted by Crippen LogP contribution is 2.07. The molecule has 0 spiro atoms. The van der Waals surface area contributed by atoms with Crippen LogP contribution < -0.4 is 16.2 Å². The highest BCUT2D eigenvalue weighted by molar-refractivity contribution is 7.80. The number of nitrogens with zero attached hydrogens (tertiary/aromatic N) is 4. The molecule has 0 saturated heterocycles. The van der Waals surface area contributed by atoms with Crippen molar-refractivity contribution in [2.24, 2.45) is 10.7 Å². The van der Waals surface area contributed by atoms with Crippen LogP contribution in [0.25, 0.3) is 0 Å². The molecule has 1 aromatic heterocycles. The number of nitrogens with one attached hydrogen (secondary N) is 2. The largest absolute Gasteiger partial charge is 0.296 e. The van der Waals surface area contributed by atoms with E-state index in [1.165, 1.54) is 11.3 Å². The summed E-state index contributed by atoms with van der Waals surface area (Å²) in [4.78, 5) is 7.80. The topological polar surface area (TPSA) is 95.2 Å². The van der Waals surface area contributed by atoms with Gasteiger partial charge in [-0.3, -0.25) is 5.73 Å². The summed E-state index contributed by atoms with van der Waals surface area (Å²) in [6.07, 6.45) is 1.11. The Balaban J connectivity index is 2.17. The smallest absolute Gasteiger partial charge is 0.242 e. The van der Waals surface area contributed by atoms with Crippen LogP contribution >= 0.6 is 12.6 Å². The van der Waals surface area contributed by atoms with E-state index in [9.17, 15) is 0 Å². The van der Waals surface area contributed by atoms with E-state index in [2.05, 4.69) is 38.2 Å². The first-order valence-electron chi connectivity index (χ1n) is 3.21. The number of hydrogen-bond donors (Lipinski definition) is 4. The summed E-state index contributed by atoms with van der Waals surface area (Å²) in [6, 6.07) is 0. The second kappa shape index (κ2) is 2.73. The zero-order valence-electron chi connectivity index (χ0n) is 5.97. The van der Waals surface area contributed by atoms with Crippen molar-refractivity contribution >= 4 is 24.9 Å². The molecular weight excluding hydrogens is 178 g/mol. The molecule has 7 nitrogen and oxygen atoms in total. The van der Waals surface area contributed by atoms with E-state index < -0.39 is 6.29 Å². The fourth-order valence-electron chi connectivity index (χ4n) is 0.816. The first-order chi connectivity index (χ1) is 5.75. The predicted octanol–water partition coefficient (Wildman–Crippen LogP) is -1.31. The van der Waals surface area contributed by atoms with E-state index in [4.69, 9.17) is 5.73 Å². The summed E-state index contributed by atoms with van der Waals surface area (Å²) in [5.41, 5.74) is 8.24. The van der Waals surface area contributed by atoms with Gasteiger partial charge in [-0.15, -0.1) is 17.7 Å². The number of hydrazine groups is 1. The van der Waals surface area contributed by atoms with E-state index in [0.717, 1.165) is 0 Å². The Hall–Kier alpha value is -1.12. The third kappa shape index (κ3) is 1.26. The fourth-order valence-corrected chi connectivity index (χ4v) is 0.961. The van der Waals surface area contributed by atoms with Crippen LogP contribution in [0.3, 0.4) is 0 Å². The zero-order valence-corrected chi connectivity index (χ0v) is 6.86. The molecule has 0 saturated carbocycles. The van der Waals surface area contributed by atoms with Crippen molar-refractivity contribution in [3.63, 3.8) is 0 Å². The van der Waals surface area contributed by atoms with Crippen LogP contribution in [0.5, 0.6) is 0 Å². The van der Waals surface area contributed by atoms with Crippen LogP contribution in [0.4, 0.5) is 5.95 Å². The summed E-state index contributed by atoms with van der Waals surface area (Å²) in [5, 5.41) is 8.29. The quantitative estimate of drug-likeness (QED) is 0.407. The lowest BCUT2D eigenvalue weighted by Crippen LogP contribution is -2.42. The second-order valence-electron chi connectivity index (χ2n) is 2.17. The van der Waals surface area contributed by atoms with Gasteiger partial charge in [0.05, 0.1) is 0 Å². The van der Waals surface area contributed by atoms with Gasteiger partial charge in [0.2, 0.25) is 11.1 Å². The van der Waals surface area contributed by atoms with Gasteiger partial charge in [-0.05, 0) is 0 Å². The van der Waals surface area contributed by atoms with Crippen molar-refractivity contribution in [2.75, 3.05) is 5.01 Å². The van der Waals surface area contributed by atoms with E-state index in [1.807, 2.05) is 0 Å². The van der Waals surface area contributed by atoms with E-state index >= 15 is 0 Å². The highest BCUT2D eigenvalue weighted by atomic mass is 32.1. The molecule has 64 valence electrons. The molecule has 1 aromatic rings. The van der Waals surface area contributed by atoms with Crippen LogP contribution in [-0.4, -0.2) is 27.8 Å². The molecule has 12 heavy (non-hydrogen) atoms. The molecule has 4 N–H and O–H groups in total. The standard InChI is InChI=1S/C4H7N7S/c5-2-6-1-11(10-2)3-7-4(12)9-8-3/h1-2,10H,5H2,(H2,7,8,9,12).